The number of carbonyl (C=O) groups is 2. The van der Waals surface area contributed by atoms with Crippen molar-refractivity contribution >= 4 is 35.0 Å². The molecule has 2 aromatic rings. The third kappa shape index (κ3) is 4.79. The SMILES string of the molecule is COc1nc(Nc2ccc(N3CCN(C(C)=O)CC3)cc2)nc(NC2CC2)c1C(N)=O. The highest BCUT2D eigenvalue weighted by Gasteiger charge is 2.27. The van der Waals surface area contributed by atoms with Crippen LogP contribution in [0.1, 0.15) is 30.1 Å². The van der Waals surface area contributed by atoms with Crippen LogP contribution < -0.4 is 26.0 Å². The second-order valence-corrected chi connectivity index (χ2v) is 7.73. The van der Waals surface area contributed by atoms with E-state index in [0.717, 1.165) is 50.4 Å². The summed E-state index contributed by atoms with van der Waals surface area (Å²) in [6.07, 6.45) is 2.05. The van der Waals surface area contributed by atoms with Crippen molar-refractivity contribution < 1.29 is 14.3 Å². The molecule has 31 heavy (non-hydrogen) atoms. The van der Waals surface area contributed by atoms with Gasteiger partial charge >= 0.3 is 0 Å². The quantitative estimate of drug-likeness (QED) is 0.610. The summed E-state index contributed by atoms with van der Waals surface area (Å²) in [5.41, 5.74) is 7.56. The molecule has 2 aliphatic rings. The van der Waals surface area contributed by atoms with Gasteiger partial charge in [0.05, 0.1) is 7.11 Å². The van der Waals surface area contributed by atoms with Gasteiger partial charge in [-0.25, -0.2) is 0 Å². The van der Waals surface area contributed by atoms with Crippen LogP contribution in [0.4, 0.5) is 23.1 Å². The maximum Gasteiger partial charge on any atom is 0.257 e. The van der Waals surface area contributed by atoms with Gasteiger partial charge in [-0.05, 0) is 37.1 Å². The first kappa shape index (κ1) is 20.7. The number of carbonyl (C=O) groups excluding carboxylic acids is 2. The fraction of sp³-hybridized carbons (Fsp3) is 0.429. The van der Waals surface area contributed by atoms with Crippen LogP contribution in [-0.2, 0) is 4.79 Å². The van der Waals surface area contributed by atoms with Crippen molar-refractivity contribution in [1.29, 1.82) is 0 Å². The Kier molecular flexibility index (Phi) is 5.79. The first-order valence-electron chi connectivity index (χ1n) is 10.3. The minimum atomic E-state index is -0.638. The Morgan fingerprint density at radius 3 is 2.32 bits per heavy atom. The lowest BCUT2D eigenvalue weighted by Gasteiger charge is -2.35. The number of hydrogen-bond acceptors (Lipinski definition) is 8. The first-order chi connectivity index (χ1) is 14.9. The molecular weight excluding hydrogens is 398 g/mol. The maximum absolute atomic E-state index is 11.9. The van der Waals surface area contributed by atoms with Crippen LogP contribution in [0.25, 0.3) is 0 Å². The number of nitrogens with one attached hydrogen (secondary N) is 2. The summed E-state index contributed by atoms with van der Waals surface area (Å²) in [7, 11) is 1.44. The zero-order valence-electron chi connectivity index (χ0n) is 17.7. The number of piperazine rings is 1. The molecular formula is C21H27N7O3. The number of nitrogens with two attached hydrogens (primary N) is 1. The Labute approximate surface area is 180 Å². The predicted octanol–water partition coefficient (Wildman–Crippen LogP) is 1.57. The van der Waals surface area contributed by atoms with Crippen molar-refractivity contribution in [2.75, 3.05) is 48.8 Å². The van der Waals surface area contributed by atoms with Gasteiger partial charge < -0.3 is 30.9 Å². The molecule has 1 aromatic heterocycles. The van der Waals surface area contributed by atoms with E-state index in [2.05, 4.69) is 25.5 Å². The Bertz CT molecular complexity index is 968. The highest BCUT2D eigenvalue weighted by atomic mass is 16.5. The zero-order chi connectivity index (χ0) is 22.0. The van der Waals surface area contributed by atoms with Crippen molar-refractivity contribution in [3.8, 4) is 5.88 Å². The van der Waals surface area contributed by atoms with E-state index in [1.54, 1.807) is 6.92 Å². The highest BCUT2D eigenvalue weighted by Crippen LogP contribution is 2.31. The second kappa shape index (κ2) is 8.66. The number of ether oxygens (including phenoxy) is 1. The molecule has 2 fully saturated rings. The molecule has 1 aromatic carbocycles. The first-order valence-corrected chi connectivity index (χ1v) is 10.3. The van der Waals surface area contributed by atoms with E-state index >= 15 is 0 Å². The minimum absolute atomic E-state index is 0.118. The molecule has 1 saturated heterocycles. The van der Waals surface area contributed by atoms with Gasteiger partial charge in [-0.2, -0.15) is 9.97 Å². The lowest BCUT2D eigenvalue weighted by Crippen LogP contribution is -2.48. The predicted molar refractivity (Wildman–Crippen MR) is 118 cm³/mol. The number of hydrogen-bond donors (Lipinski definition) is 3. The fourth-order valence-corrected chi connectivity index (χ4v) is 3.56. The normalized spacial score (nSPS) is 16.1. The molecule has 4 rings (SSSR count). The number of nitrogens with zero attached hydrogens (tertiary/aromatic N) is 4. The molecule has 0 spiro atoms. The summed E-state index contributed by atoms with van der Waals surface area (Å²) in [5.74, 6) is 0.304. The van der Waals surface area contributed by atoms with Crippen molar-refractivity contribution in [2.24, 2.45) is 5.73 Å². The maximum atomic E-state index is 11.9. The van der Waals surface area contributed by atoms with Crippen LogP contribution in [0.15, 0.2) is 24.3 Å². The largest absolute Gasteiger partial charge is 0.480 e. The second-order valence-electron chi connectivity index (χ2n) is 7.73. The third-order valence-electron chi connectivity index (χ3n) is 5.45. The van der Waals surface area contributed by atoms with Gasteiger partial charge in [-0.1, -0.05) is 0 Å². The monoisotopic (exact) mass is 425 g/mol. The summed E-state index contributed by atoms with van der Waals surface area (Å²) in [6, 6.07) is 8.21. The number of aromatic nitrogens is 2. The van der Waals surface area contributed by atoms with Crippen LogP contribution in [-0.4, -0.2) is 66.0 Å². The Morgan fingerprint density at radius 1 is 1.10 bits per heavy atom. The van der Waals surface area contributed by atoms with Gasteiger partial charge in [0.25, 0.3) is 5.91 Å². The van der Waals surface area contributed by atoms with Gasteiger partial charge in [0, 0.05) is 50.5 Å². The van der Waals surface area contributed by atoms with Crippen molar-refractivity contribution in [3.05, 3.63) is 29.8 Å². The van der Waals surface area contributed by atoms with Gasteiger partial charge in [-0.3, -0.25) is 9.59 Å². The molecule has 1 aliphatic heterocycles. The number of primary amides is 1. The van der Waals surface area contributed by atoms with Crippen molar-refractivity contribution in [1.82, 2.24) is 14.9 Å². The lowest BCUT2D eigenvalue weighted by molar-refractivity contribution is -0.129. The van der Waals surface area contributed by atoms with Crippen LogP contribution in [0.2, 0.25) is 0 Å². The summed E-state index contributed by atoms with van der Waals surface area (Å²) >= 11 is 0. The molecule has 164 valence electrons. The Hall–Kier alpha value is -3.56. The van der Waals surface area contributed by atoms with E-state index in [1.165, 1.54) is 7.11 Å². The molecule has 0 radical (unpaired) electrons. The Morgan fingerprint density at radius 2 is 1.77 bits per heavy atom. The summed E-state index contributed by atoms with van der Waals surface area (Å²) < 4.78 is 5.28. The number of benzene rings is 1. The van der Waals surface area contributed by atoms with E-state index in [9.17, 15) is 9.59 Å². The molecule has 2 amide bonds. The summed E-state index contributed by atoms with van der Waals surface area (Å²) in [6.45, 7) is 4.67. The zero-order valence-corrected chi connectivity index (χ0v) is 17.7. The topological polar surface area (TPSA) is 126 Å². The van der Waals surface area contributed by atoms with E-state index in [0.29, 0.717) is 11.8 Å². The molecule has 2 heterocycles. The smallest absolute Gasteiger partial charge is 0.257 e. The fourth-order valence-electron chi connectivity index (χ4n) is 3.56. The molecule has 0 atom stereocenters. The molecule has 1 aliphatic carbocycles. The van der Waals surface area contributed by atoms with Gasteiger partial charge in [0.2, 0.25) is 17.7 Å². The average molecular weight is 425 g/mol. The van der Waals surface area contributed by atoms with Gasteiger partial charge in [0.1, 0.15) is 11.4 Å². The molecule has 0 bridgehead atoms. The molecule has 10 nitrogen and oxygen atoms in total. The van der Waals surface area contributed by atoms with E-state index in [4.69, 9.17) is 10.5 Å². The molecule has 0 unspecified atom stereocenters. The van der Waals surface area contributed by atoms with Gasteiger partial charge in [-0.15, -0.1) is 0 Å². The van der Waals surface area contributed by atoms with Crippen LogP contribution in [0.5, 0.6) is 5.88 Å². The van der Waals surface area contributed by atoms with E-state index < -0.39 is 5.91 Å². The van der Waals surface area contributed by atoms with Crippen LogP contribution >= 0.6 is 0 Å². The lowest BCUT2D eigenvalue weighted by atomic mass is 10.2. The average Bonchev–Trinajstić information content (AvgIpc) is 3.57. The van der Waals surface area contributed by atoms with Crippen LogP contribution in [0, 0.1) is 0 Å². The van der Waals surface area contributed by atoms with Crippen molar-refractivity contribution in [2.45, 2.75) is 25.8 Å². The number of rotatable bonds is 7. The molecule has 10 heteroatoms. The Balaban J connectivity index is 1.49. The highest BCUT2D eigenvalue weighted by molar-refractivity contribution is 6.00. The summed E-state index contributed by atoms with van der Waals surface area (Å²) in [5, 5.41) is 6.39. The van der Waals surface area contributed by atoms with E-state index in [-0.39, 0.29) is 23.4 Å². The molecule has 4 N–H and O–H groups in total. The molecule has 1 saturated carbocycles. The summed E-state index contributed by atoms with van der Waals surface area (Å²) in [4.78, 5) is 36.3. The standard InChI is InChI=1S/C21H27N7O3/c1-13(29)27-9-11-28(12-10-27)16-7-5-15(6-8-16)24-21-25-19(23-14-3-4-14)17(18(22)30)20(26-21)31-2/h5-8,14H,3-4,9-12H2,1-2H3,(H2,22,30)(H2,23,24,25,26). The number of anilines is 4. The number of amides is 2. The van der Waals surface area contributed by atoms with Gasteiger partial charge in [0.15, 0.2) is 0 Å². The van der Waals surface area contributed by atoms with Crippen LogP contribution in [0.3, 0.4) is 0 Å². The third-order valence-corrected chi connectivity index (χ3v) is 5.45. The number of methoxy groups -OCH3 is 1. The minimum Gasteiger partial charge on any atom is -0.480 e. The van der Waals surface area contributed by atoms with E-state index in [1.807, 2.05) is 29.2 Å². The van der Waals surface area contributed by atoms with Crippen molar-refractivity contribution in [3.63, 3.8) is 0 Å².